The van der Waals surface area contributed by atoms with E-state index >= 15 is 0 Å². The summed E-state index contributed by atoms with van der Waals surface area (Å²) in [6.07, 6.45) is 18.4. The summed E-state index contributed by atoms with van der Waals surface area (Å²) in [4.78, 5) is 1.89. The fourth-order valence-corrected chi connectivity index (χ4v) is 9.55. The first-order valence-electron chi connectivity index (χ1n) is 21.0. The largest absolute Gasteiger partial charge is 0.456 e. The zero-order chi connectivity index (χ0) is 45.1. The van der Waals surface area contributed by atoms with E-state index in [1.807, 2.05) is 77.7 Å². The molecule has 1 spiro atoms. The lowest BCUT2D eigenvalue weighted by atomic mass is 9.72. The van der Waals surface area contributed by atoms with E-state index in [1.165, 1.54) is 22.3 Å². The summed E-state index contributed by atoms with van der Waals surface area (Å²) in [7, 11) is 0. The number of nitrogens with one attached hydrogen (secondary N) is 1. The average Bonchev–Trinajstić information content (AvgIpc) is 3.64. The highest BCUT2D eigenvalue weighted by molar-refractivity contribution is 5.64. The molecule has 0 bridgehead atoms. The molecular formula is C56H46N4O4. The molecule has 0 aliphatic heterocycles. The highest BCUT2D eigenvalue weighted by atomic mass is 16.5. The molecule has 1 unspecified atom stereocenters. The van der Waals surface area contributed by atoms with Gasteiger partial charge in [-0.2, -0.15) is 10.5 Å². The first-order chi connectivity index (χ1) is 30.9. The minimum Gasteiger partial charge on any atom is -0.456 e. The molecule has 0 saturated heterocycles. The third-order valence-corrected chi connectivity index (χ3v) is 12.0. The predicted molar refractivity (Wildman–Crippen MR) is 252 cm³/mol. The van der Waals surface area contributed by atoms with Crippen LogP contribution >= 0.6 is 0 Å². The van der Waals surface area contributed by atoms with Crippen molar-refractivity contribution in [2.45, 2.75) is 56.8 Å². The van der Waals surface area contributed by atoms with E-state index in [9.17, 15) is 10.5 Å². The van der Waals surface area contributed by atoms with Crippen molar-refractivity contribution in [3.63, 3.8) is 0 Å². The minimum absolute atomic E-state index is 0.159. The standard InChI is InChI=1S/C56H46N4O4/c1-8-27-59-38-15-11-17-40(30-38)61-50-19-13-21-52(44(50)34-57)63-42-23-25-46-48(32-42)56(36-54(46,4)5)37-55(6,7)47-26-24-43(33-49(47)56)64-53-22-14-20-51(45(53)35-58)62-41-18-12-16-39(31-41)60(28-9-2)29-10-3/h1-3,11-26,30-33,59H,27-29,36-37H2,4-7H3. The molecular weight excluding hydrogens is 793 g/mol. The van der Waals surface area contributed by atoms with Gasteiger partial charge in [-0.15, -0.1) is 19.3 Å². The van der Waals surface area contributed by atoms with Gasteiger partial charge < -0.3 is 29.2 Å². The van der Waals surface area contributed by atoms with Crippen molar-refractivity contribution in [1.29, 1.82) is 10.5 Å². The Hall–Kier alpha value is -8.22. The lowest BCUT2D eigenvalue weighted by Gasteiger charge is -2.30. The van der Waals surface area contributed by atoms with Gasteiger partial charge in [0.2, 0.25) is 0 Å². The molecule has 6 aromatic carbocycles. The monoisotopic (exact) mass is 838 g/mol. The zero-order valence-corrected chi connectivity index (χ0v) is 36.3. The van der Waals surface area contributed by atoms with Crippen LogP contribution in [-0.2, 0) is 16.2 Å². The van der Waals surface area contributed by atoms with Gasteiger partial charge in [0.25, 0.3) is 0 Å². The average molecular weight is 839 g/mol. The van der Waals surface area contributed by atoms with Crippen LogP contribution in [0.25, 0.3) is 0 Å². The van der Waals surface area contributed by atoms with Crippen molar-refractivity contribution < 1.29 is 18.9 Å². The van der Waals surface area contributed by atoms with Gasteiger partial charge in [-0.25, -0.2) is 0 Å². The summed E-state index contributed by atoms with van der Waals surface area (Å²) in [6.45, 7) is 10.2. The number of fused-ring (bicyclic) bond motifs is 4. The van der Waals surface area contributed by atoms with E-state index in [0.29, 0.717) is 65.6 Å². The molecule has 0 amide bonds. The van der Waals surface area contributed by atoms with Crippen LogP contribution in [0.15, 0.2) is 121 Å². The van der Waals surface area contributed by atoms with Gasteiger partial charge in [-0.3, -0.25) is 0 Å². The predicted octanol–water partition coefficient (Wildman–Crippen LogP) is 12.4. The van der Waals surface area contributed by atoms with Crippen LogP contribution in [-0.4, -0.2) is 19.6 Å². The Kier molecular flexibility index (Phi) is 11.5. The Morgan fingerprint density at radius 1 is 0.531 bits per heavy atom. The van der Waals surface area contributed by atoms with Crippen LogP contribution in [0.2, 0.25) is 0 Å². The van der Waals surface area contributed by atoms with Crippen LogP contribution in [0.5, 0.6) is 46.0 Å². The van der Waals surface area contributed by atoms with Gasteiger partial charge in [-0.1, -0.05) is 81.9 Å². The molecule has 0 heterocycles. The second-order valence-electron chi connectivity index (χ2n) is 17.4. The van der Waals surface area contributed by atoms with Crippen molar-refractivity contribution in [2.75, 3.05) is 29.9 Å². The van der Waals surface area contributed by atoms with E-state index in [0.717, 1.165) is 24.2 Å². The highest BCUT2D eigenvalue weighted by Crippen LogP contribution is 2.63. The maximum atomic E-state index is 10.5. The molecule has 0 aromatic heterocycles. The summed E-state index contributed by atoms with van der Waals surface area (Å²) < 4.78 is 25.7. The Balaban J connectivity index is 1.11. The van der Waals surface area contributed by atoms with E-state index in [2.05, 4.69) is 87.2 Å². The van der Waals surface area contributed by atoms with Crippen molar-refractivity contribution in [3.8, 4) is 95.2 Å². The first kappa shape index (κ1) is 42.5. The molecule has 2 aliphatic rings. The van der Waals surface area contributed by atoms with Crippen LogP contribution in [0.3, 0.4) is 0 Å². The number of anilines is 2. The second-order valence-corrected chi connectivity index (χ2v) is 17.4. The summed E-state index contributed by atoms with van der Waals surface area (Å²) in [6, 6.07) is 42.7. The summed E-state index contributed by atoms with van der Waals surface area (Å²) >= 11 is 0. The smallest absolute Gasteiger partial charge is 0.149 e. The number of rotatable bonds is 13. The molecule has 0 saturated carbocycles. The van der Waals surface area contributed by atoms with E-state index in [4.69, 9.17) is 38.2 Å². The summed E-state index contributed by atoms with van der Waals surface area (Å²) in [5, 5.41) is 24.0. The first-order valence-corrected chi connectivity index (χ1v) is 21.0. The van der Waals surface area contributed by atoms with E-state index < -0.39 is 0 Å². The number of nitriles is 2. The fourth-order valence-electron chi connectivity index (χ4n) is 9.55. The van der Waals surface area contributed by atoms with Crippen LogP contribution in [0.4, 0.5) is 11.4 Å². The Labute approximate surface area is 376 Å². The van der Waals surface area contributed by atoms with Gasteiger partial charge in [0.1, 0.15) is 69.3 Å². The molecule has 0 fully saturated rings. The zero-order valence-electron chi connectivity index (χ0n) is 36.3. The summed E-state index contributed by atoms with van der Waals surface area (Å²) in [5.41, 5.74) is 6.30. The Bertz CT molecular complexity index is 2980. The molecule has 314 valence electrons. The van der Waals surface area contributed by atoms with Gasteiger partial charge in [0.15, 0.2) is 0 Å². The van der Waals surface area contributed by atoms with Crippen LogP contribution < -0.4 is 29.2 Å². The maximum Gasteiger partial charge on any atom is 0.149 e. The second kappa shape index (κ2) is 17.3. The quantitative estimate of drug-likeness (QED) is 0.115. The van der Waals surface area contributed by atoms with Crippen molar-refractivity contribution in [3.05, 3.63) is 155 Å². The number of terminal acetylenes is 3. The molecule has 6 aromatic rings. The molecule has 2 aliphatic carbocycles. The van der Waals surface area contributed by atoms with Crippen molar-refractivity contribution >= 4 is 11.4 Å². The van der Waals surface area contributed by atoms with E-state index in [1.54, 1.807) is 24.3 Å². The fraction of sp³-hybridized carbons (Fsp3) is 0.214. The normalized spacial score (nSPS) is 15.8. The lowest BCUT2D eigenvalue weighted by Crippen LogP contribution is -2.27. The lowest BCUT2D eigenvalue weighted by molar-refractivity contribution is 0.349. The van der Waals surface area contributed by atoms with Gasteiger partial charge >= 0.3 is 0 Å². The molecule has 0 radical (unpaired) electrons. The Morgan fingerprint density at radius 3 is 1.42 bits per heavy atom. The number of ether oxygens (including phenoxy) is 4. The third-order valence-electron chi connectivity index (χ3n) is 12.0. The van der Waals surface area contributed by atoms with Crippen molar-refractivity contribution in [2.24, 2.45) is 0 Å². The Morgan fingerprint density at radius 2 is 0.969 bits per heavy atom. The van der Waals surface area contributed by atoms with Crippen LogP contribution in [0.1, 0.15) is 73.9 Å². The molecule has 8 heteroatoms. The molecule has 8 rings (SSSR count). The SMILES string of the molecule is C#CCNc1cccc(Oc2cccc(Oc3ccc4c(c3)C3(CC4(C)C)CC(C)(C)c4ccc(Oc5cccc(Oc6cccc(N(CC#C)CC#C)c6)c5C#N)cc43)c2C#N)c1. The molecule has 64 heavy (non-hydrogen) atoms. The van der Waals surface area contributed by atoms with Gasteiger partial charge in [0.05, 0.1) is 19.6 Å². The summed E-state index contributed by atoms with van der Waals surface area (Å²) in [5.74, 6) is 11.7. The van der Waals surface area contributed by atoms with Gasteiger partial charge in [0, 0.05) is 28.9 Å². The highest BCUT2D eigenvalue weighted by Gasteiger charge is 2.56. The molecule has 1 atom stereocenters. The molecule has 8 nitrogen and oxygen atoms in total. The van der Waals surface area contributed by atoms with Gasteiger partial charge in [-0.05, 0) is 119 Å². The minimum atomic E-state index is -0.376. The van der Waals surface area contributed by atoms with Crippen molar-refractivity contribution in [1.82, 2.24) is 0 Å². The topological polar surface area (TPSA) is 99.8 Å². The number of nitrogens with zero attached hydrogens (tertiary/aromatic N) is 3. The molecule has 1 N–H and O–H groups in total. The number of benzene rings is 6. The van der Waals surface area contributed by atoms with E-state index in [-0.39, 0.29) is 27.4 Å². The maximum absolute atomic E-state index is 10.5. The number of hydrogen-bond acceptors (Lipinski definition) is 8. The third kappa shape index (κ3) is 8.13. The number of hydrogen-bond donors (Lipinski definition) is 1. The van der Waals surface area contributed by atoms with Crippen LogP contribution in [0, 0.1) is 59.7 Å².